The summed E-state index contributed by atoms with van der Waals surface area (Å²) in [5, 5.41) is 40.9. The van der Waals surface area contributed by atoms with E-state index < -0.39 is 55.0 Å². The second kappa shape index (κ2) is 6.46. The lowest BCUT2D eigenvalue weighted by Gasteiger charge is -2.30. The van der Waals surface area contributed by atoms with Crippen LogP contribution in [-0.2, 0) is 19.1 Å². The number of hydrogen-bond donors (Lipinski definition) is 5. The van der Waals surface area contributed by atoms with Crippen LogP contribution in [0.5, 0.6) is 0 Å². The van der Waals surface area contributed by atoms with Crippen LogP contribution in [0.1, 0.15) is 13.3 Å². The van der Waals surface area contributed by atoms with E-state index in [-0.39, 0.29) is 0 Å². The number of aliphatic hydroxyl groups is 4. The van der Waals surface area contributed by atoms with Crippen molar-refractivity contribution in [2.24, 2.45) is 0 Å². The van der Waals surface area contributed by atoms with Gasteiger partial charge in [0, 0.05) is 20.5 Å². The Morgan fingerprint density at radius 2 is 2.25 bits per heavy atom. The molecule has 5 N–H and O–H groups in total. The standard InChI is InChI=1S/C11H19NO8/c1-5(14)12-8-6(15)3-11(18,19-2)10(17)20-9(8)7(16)4-13/h6-9,13,15-16,18H,3-4H2,1-2H3,(H,12,14)/t6?,7?,8?,9?,11-/m1/s1. The summed E-state index contributed by atoms with van der Waals surface area (Å²) in [5.41, 5.74) is 0. The predicted molar refractivity (Wildman–Crippen MR) is 63.2 cm³/mol. The van der Waals surface area contributed by atoms with E-state index in [2.05, 4.69) is 10.1 Å². The summed E-state index contributed by atoms with van der Waals surface area (Å²) in [7, 11) is 1.05. The van der Waals surface area contributed by atoms with Crippen LogP contribution in [0.2, 0.25) is 0 Å². The first-order valence-corrected chi connectivity index (χ1v) is 5.98. The van der Waals surface area contributed by atoms with Crippen LogP contribution < -0.4 is 5.32 Å². The third kappa shape index (κ3) is 3.44. The van der Waals surface area contributed by atoms with E-state index in [4.69, 9.17) is 9.84 Å². The largest absolute Gasteiger partial charge is 0.453 e. The molecule has 1 aliphatic rings. The lowest BCUT2D eigenvalue weighted by molar-refractivity contribution is -0.226. The number of cyclic esters (lactones) is 1. The van der Waals surface area contributed by atoms with Crippen molar-refractivity contribution in [2.75, 3.05) is 13.7 Å². The molecule has 1 amide bonds. The average molecular weight is 293 g/mol. The predicted octanol–water partition coefficient (Wildman–Crippen LogP) is -3.14. The Balaban J connectivity index is 3.10. The van der Waals surface area contributed by atoms with Crippen LogP contribution in [0.15, 0.2) is 0 Å². The minimum absolute atomic E-state index is 0.539. The maximum atomic E-state index is 11.8. The van der Waals surface area contributed by atoms with Gasteiger partial charge in [-0.25, -0.2) is 4.79 Å². The number of amides is 1. The molecule has 0 aromatic rings. The van der Waals surface area contributed by atoms with Crippen LogP contribution >= 0.6 is 0 Å². The molecule has 0 aromatic carbocycles. The number of carbonyl (C=O) groups excluding carboxylic acids is 2. The summed E-state index contributed by atoms with van der Waals surface area (Å²) in [6.45, 7) is 0.413. The Bertz CT molecular complexity index is 375. The summed E-state index contributed by atoms with van der Waals surface area (Å²) >= 11 is 0. The highest BCUT2D eigenvalue weighted by Gasteiger charge is 2.50. The molecule has 9 nitrogen and oxygen atoms in total. The molecule has 5 atom stereocenters. The third-order valence-electron chi connectivity index (χ3n) is 3.09. The van der Waals surface area contributed by atoms with Gasteiger partial charge >= 0.3 is 5.97 Å². The second-order valence-corrected chi connectivity index (χ2v) is 4.61. The van der Waals surface area contributed by atoms with Crippen molar-refractivity contribution in [3.05, 3.63) is 0 Å². The van der Waals surface area contributed by atoms with Gasteiger partial charge in [-0.3, -0.25) is 4.79 Å². The molecule has 0 bridgehead atoms. The van der Waals surface area contributed by atoms with Crippen molar-refractivity contribution in [1.82, 2.24) is 5.32 Å². The van der Waals surface area contributed by atoms with Gasteiger partial charge in [0.05, 0.1) is 18.8 Å². The van der Waals surface area contributed by atoms with Crippen LogP contribution in [0.3, 0.4) is 0 Å². The molecule has 20 heavy (non-hydrogen) atoms. The number of esters is 1. The van der Waals surface area contributed by atoms with Gasteiger partial charge in [-0.2, -0.15) is 0 Å². The monoisotopic (exact) mass is 293 g/mol. The topological polar surface area (TPSA) is 146 Å². The van der Waals surface area contributed by atoms with Gasteiger partial charge in [0.1, 0.15) is 6.10 Å². The van der Waals surface area contributed by atoms with Crippen LogP contribution in [0.4, 0.5) is 0 Å². The average Bonchev–Trinajstić information content (AvgIpc) is 2.48. The highest BCUT2D eigenvalue weighted by Crippen LogP contribution is 2.26. The Labute approximate surface area is 115 Å². The summed E-state index contributed by atoms with van der Waals surface area (Å²) < 4.78 is 9.48. The van der Waals surface area contributed by atoms with Gasteiger partial charge in [-0.05, 0) is 0 Å². The lowest BCUT2D eigenvalue weighted by Crippen LogP contribution is -2.55. The van der Waals surface area contributed by atoms with E-state index in [0.717, 1.165) is 7.11 Å². The molecular weight excluding hydrogens is 274 g/mol. The van der Waals surface area contributed by atoms with Crippen molar-refractivity contribution in [2.45, 2.75) is 43.5 Å². The van der Waals surface area contributed by atoms with Crippen LogP contribution in [0, 0.1) is 0 Å². The molecule has 4 unspecified atom stereocenters. The molecule has 1 aliphatic heterocycles. The molecule has 0 spiro atoms. The lowest BCUT2D eigenvalue weighted by atomic mass is 9.96. The van der Waals surface area contributed by atoms with Crippen molar-refractivity contribution in [1.29, 1.82) is 0 Å². The number of aliphatic hydroxyl groups excluding tert-OH is 3. The van der Waals surface area contributed by atoms with Crippen LogP contribution in [0.25, 0.3) is 0 Å². The highest BCUT2D eigenvalue weighted by atomic mass is 16.7. The molecule has 1 rings (SSSR count). The Morgan fingerprint density at radius 3 is 2.70 bits per heavy atom. The maximum Gasteiger partial charge on any atom is 0.367 e. The molecule has 1 heterocycles. The SMILES string of the molecule is CO[C@]1(O)CC(O)C(NC(C)=O)C(C(O)CO)OC1=O. The first-order valence-electron chi connectivity index (χ1n) is 5.98. The van der Waals surface area contributed by atoms with Gasteiger partial charge < -0.3 is 35.2 Å². The van der Waals surface area contributed by atoms with E-state index in [1.54, 1.807) is 0 Å². The molecule has 0 aromatic heterocycles. The highest BCUT2D eigenvalue weighted by molar-refractivity contribution is 5.78. The maximum absolute atomic E-state index is 11.8. The van der Waals surface area contributed by atoms with Gasteiger partial charge in [-0.15, -0.1) is 0 Å². The quantitative estimate of drug-likeness (QED) is 0.270. The number of nitrogens with one attached hydrogen (secondary N) is 1. The van der Waals surface area contributed by atoms with E-state index in [1.165, 1.54) is 6.92 Å². The molecule has 1 fully saturated rings. The summed E-state index contributed by atoms with van der Waals surface area (Å²) in [6.07, 6.45) is -4.94. The van der Waals surface area contributed by atoms with Gasteiger partial charge in [0.25, 0.3) is 5.79 Å². The minimum Gasteiger partial charge on any atom is -0.453 e. The Kier molecular flexibility index (Phi) is 5.42. The number of ether oxygens (including phenoxy) is 2. The van der Waals surface area contributed by atoms with Gasteiger partial charge in [0.2, 0.25) is 5.91 Å². The molecule has 0 radical (unpaired) electrons. The fraction of sp³-hybridized carbons (Fsp3) is 0.818. The normalized spacial score (nSPS) is 35.9. The van der Waals surface area contributed by atoms with E-state index in [1.807, 2.05) is 0 Å². The molecular formula is C11H19NO8. The summed E-state index contributed by atoms with van der Waals surface area (Å²) in [4.78, 5) is 22.9. The number of carbonyl (C=O) groups is 2. The minimum atomic E-state index is -2.39. The van der Waals surface area contributed by atoms with Gasteiger partial charge in [-0.1, -0.05) is 0 Å². The number of rotatable bonds is 4. The molecule has 9 heteroatoms. The number of hydrogen-bond acceptors (Lipinski definition) is 8. The number of methoxy groups -OCH3 is 1. The zero-order valence-corrected chi connectivity index (χ0v) is 11.1. The van der Waals surface area contributed by atoms with E-state index in [9.17, 15) is 24.9 Å². The Hall–Kier alpha value is -1.26. The molecule has 0 saturated carbocycles. The Morgan fingerprint density at radius 1 is 1.65 bits per heavy atom. The fourth-order valence-corrected chi connectivity index (χ4v) is 2.00. The smallest absolute Gasteiger partial charge is 0.367 e. The second-order valence-electron chi connectivity index (χ2n) is 4.61. The molecule has 116 valence electrons. The van der Waals surface area contributed by atoms with Gasteiger partial charge in [0.15, 0.2) is 6.10 Å². The summed E-state index contributed by atoms with van der Waals surface area (Å²) in [5.74, 6) is -4.15. The molecule has 0 aliphatic carbocycles. The fourth-order valence-electron chi connectivity index (χ4n) is 2.00. The first kappa shape index (κ1) is 16.8. The van der Waals surface area contributed by atoms with Crippen molar-refractivity contribution < 1.29 is 39.5 Å². The van der Waals surface area contributed by atoms with Crippen molar-refractivity contribution >= 4 is 11.9 Å². The third-order valence-corrected chi connectivity index (χ3v) is 3.09. The van der Waals surface area contributed by atoms with Crippen molar-refractivity contribution in [3.8, 4) is 0 Å². The zero-order chi connectivity index (χ0) is 15.5. The summed E-state index contributed by atoms with van der Waals surface area (Å²) in [6, 6.07) is -1.19. The van der Waals surface area contributed by atoms with E-state index in [0.29, 0.717) is 0 Å². The van der Waals surface area contributed by atoms with Crippen LogP contribution in [-0.4, -0.2) is 76.2 Å². The van der Waals surface area contributed by atoms with Crippen molar-refractivity contribution in [3.63, 3.8) is 0 Å². The molecule has 1 saturated heterocycles. The first-order chi connectivity index (χ1) is 9.25. The van der Waals surface area contributed by atoms with E-state index >= 15 is 0 Å². The zero-order valence-electron chi connectivity index (χ0n) is 11.1.